The maximum Gasteiger partial charge on any atom is 0.212 e. The summed E-state index contributed by atoms with van der Waals surface area (Å²) in [5, 5.41) is 8.95. The molecule has 0 unspecified atom stereocenters. The Morgan fingerprint density at radius 3 is 2.87 bits per heavy atom. The predicted octanol–water partition coefficient (Wildman–Crippen LogP) is 3.75. The fourth-order valence-corrected chi connectivity index (χ4v) is 6.65. The second-order valence-electron chi connectivity index (χ2n) is 9.71. The van der Waals surface area contributed by atoms with Crippen LogP contribution >= 0.6 is 23.4 Å². The first-order chi connectivity index (χ1) is 18.5. The van der Waals surface area contributed by atoms with Crippen molar-refractivity contribution in [2.75, 3.05) is 37.4 Å². The molecule has 4 heterocycles. The molecule has 1 saturated heterocycles. The molecule has 0 amide bonds. The van der Waals surface area contributed by atoms with Crippen LogP contribution in [0.2, 0.25) is 5.02 Å². The van der Waals surface area contributed by atoms with Gasteiger partial charge in [0.15, 0.2) is 5.65 Å². The standard InChI is InChI=1S/C27H27ClN8OS/c1-37-12-2-3-17-4-5-18-14-27(23(29)19(18)13-17)7-10-35(11-8-27)26-32-15-21(25-34-33-16-36(25)26)38-20-6-9-31-24(30)22(20)28/h4-6,9,13,15-16,23H,7-8,10-12,14,29H2,1H3,(H2,30,31)/t23-/m1/s1. The fraction of sp³-hybridized carbons (Fsp3) is 0.333. The van der Waals surface area contributed by atoms with E-state index in [1.54, 1.807) is 19.6 Å². The number of hydrogen-bond acceptors (Lipinski definition) is 9. The van der Waals surface area contributed by atoms with Gasteiger partial charge < -0.3 is 21.1 Å². The summed E-state index contributed by atoms with van der Waals surface area (Å²) < 4.78 is 6.98. The monoisotopic (exact) mass is 546 g/mol. The molecule has 4 N–H and O–H groups in total. The Hall–Kier alpha value is -3.36. The van der Waals surface area contributed by atoms with Gasteiger partial charge in [0.05, 0.1) is 9.92 Å². The molecule has 11 heteroatoms. The maximum atomic E-state index is 6.89. The normalized spacial score (nSPS) is 18.0. The molecule has 9 nitrogen and oxygen atoms in total. The van der Waals surface area contributed by atoms with Crippen molar-refractivity contribution in [1.82, 2.24) is 24.6 Å². The molecular weight excluding hydrogens is 520 g/mol. The van der Waals surface area contributed by atoms with Crippen molar-refractivity contribution >= 4 is 40.8 Å². The van der Waals surface area contributed by atoms with E-state index in [-0.39, 0.29) is 11.5 Å². The van der Waals surface area contributed by atoms with E-state index in [0.717, 1.165) is 59.3 Å². The molecule has 2 aliphatic rings. The van der Waals surface area contributed by atoms with E-state index in [0.29, 0.717) is 17.4 Å². The third-order valence-corrected chi connectivity index (χ3v) is 9.13. The lowest BCUT2D eigenvalue weighted by Gasteiger charge is -2.42. The number of piperidine rings is 1. The summed E-state index contributed by atoms with van der Waals surface area (Å²) in [7, 11) is 1.65. The second kappa shape index (κ2) is 10.1. The number of benzene rings is 1. The van der Waals surface area contributed by atoms with E-state index in [4.69, 9.17) is 32.8 Å². The largest absolute Gasteiger partial charge is 0.382 e. The summed E-state index contributed by atoms with van der Waals surface area (Å²) in [4.78, 5) is 12.8. The molecule has 1 aromatic carbocycles. The number of rotatable bonds is 4. The zero-order valence-corrected chi connectivity index (χ0v) is 22.5. The lowest BCUT2D eigenvalue weighted by Crippen LogP contribution is -2.45. The first-order valence-electron chi connectivity index (χ1n) is 12.4. The van der Waals surface area contributed by atoms with Crippen molar-refractivity contribution in [3.05, 3.63) is 64.7 Å². The average molecular weight is 547 g/mol. The van der Waals surface area contributed by atoms with Crippen LogP contribution in [0.3, 0.4) is 0 Å². The molecule has 1 aliphatic carbocycles. The van der Waals surface area contributed by atoms with Gasteiger partial charge in [-0.1, -0.05) is 41.3 Å². The van der Waals surface area contributed by atoms with Gasteiger partial charge in [-0.05, 0) is 54.0 Å². The third kappa shape index (κ3) is 4.35. The van der Waals surface area contributed by atoms with Crippen LogP contribution in [0, 0.1) is 17.3 Å². The number of nitrogens with two attached hydrogens (primary N) is 2. The van der Waals surface area contributed by atoms with E-state index in [2.05, 4.69) is 50.1 Å². The minimum atomic E-state index is -0.0111. The molecule has 0 saturated carbocycles. The zero-order chi connectivity index (χ0) is 26.3. The number of aromatic nitrogens is 5. The van der Waals surface area contributed by atoms with Crippen LogP contribution in [0.15, 0.2) is 52.8 Å². The van der Waals surface area contributed by atoms with Crippen molar-refractivity contribution in [2.24, 2.45) is 11.1 Å². The van der Waals surface area contributed by atoms with Crippen molar-refractivity contribution < 1.29 is 4.74 Å². The van der Waals surface area contributed by atoms with Crippen molar-refractivity contribution in [2.45, 2.75) is 35.1 Å². The maximum absolute atomic E-state index is 6.89. The molecular formula is C27H27ClN8OS. The summed E-state index contributed by atoms with van der Waals surface area (Å²) in [5.74, 6) is 7.33. The molecule has 0 radical (unpaired) electrons. The Morgan fingerprint density at radius 1 is 1.21 bits per heavy atom. The van der Waals surface area contributed by atoms with E-state index >= 15 is 0 Å². The van der Waals surface area contributed by atoms with Gasteiger partial charge in [-0.3, -0.25) is 0 Å². The third-order valence-electron chi connectivity index (χ3n) is 7.56. The average Bonchev–Trinajstić information content (AvgIpc) is 3.52. The Bertz CT molecular complexity index is 1570. The van der Waals surface area contributed by atoms with Gasteiger partial charge in [0.1, 0.15) is 18.8 Å². The highest BCUT2D eigenvalue weighted by Gasteiger charge is 2.46. The first kappa shape index (κ1) is 24.9. The SMILES string of the molecule is COCC#Cc1ccc2c(c1)[C@@H](N)C1(CCN(c3ncc(Sc4ccnc(N)c4Cl)c4nncn34)CC1)C2. The number of nitrogen functional groups attached to an aromatic ring is 1. The molecule has 6 rings (SSSR count). The van der Waals surface area contributed by atoms with Crippen molar-refractivity contribution in [1.29, 1.82) is 0 Å². The lowest BCUT2D eigenvalue weighted by atomic mass is 9.73. The van der Waals surface area contributed by atoms with E-state index in [9.17, 15) is 0 Å². The number of halogens is 1. The highest BCUT2D eigenvalue weighted by Crippen LogP contribution is 2.51. The number of nitrogens with zero attached hydrogens (tertiary/aromatic N) is 6. The summed E-state index contributed by atoms with van der Waals surface area (Å²) in [6.07, 6.45) is 8.10. The quantitative estimate of drug-likeness (QED) is 0.369. The van der Waals surface area contributed by atoms with Gasteiger partial charge in [-0.15, -0.1) is 10.2 Å². The van der Waals surface area contributed by atoms with Crippen LogP contribution in [-0.2, 0) is 11.2 Å². The molecule has 1 atom stereocenters. The fourth-order valence-electron chi connectivity index (χ4n) is 5.52. The summed E-state index contributed by atoms with van der Waals surface area (Å²) in [6, 6.07) is 8.25. The summed E-state index contributed by atoms with van der Waals surface area (Å²) in [6.45, 7) is 2.12. The Morgan fingerprint density at radius 2 is 2.05 bits per heavy atom. The number of hydrogen-bond donors (Lipinski definition) is 2. The van der Waals surface area contributed by atoms with Gasteiger partial charge in [0.2, 0.25) is 5.95 Å². The van der Waals surface area contributed by atoms with Crippen LogP contribution in [0.1, 0.15) is 35.6 Å². The topological polar surface area (TPSA) is 120 Å². The van der Waals surface area contributed by atoms with Crippen LogP contribution in [0.4, 0.5) is 11.8 Å². The number of anilines is 2. The van der Waals surface area contributed by atoms with Gasteiger partial charge in [0.25, 0.3) is 0 Å². The minimum absolute atomic E-state index is 0.0111. The van der Waals surface area contributed by atoms with Gasteiger partial charge in [-0.2, -0.15) is 0 Å². The van der Waals surface area contributed by atoms with Crippen LogP contribution in [0.5, 0.6) is 0 Å². The molecule has 3 aromatic heterocycles. The summed E-state index contributed by atoms with van der Waals surface area (Å²) >= 11 is 7.81. The molecule has 38 heavy (non-hydrogen) atoms. The number of methoxy groups -OCH3 is 1. The van der Waals surface area contributed by atoms with E-state index < -0.39 is 0 Å². The molecule has 1 spiro atoms. The highest BCUT2D eigenvalue weighted by molar-refractivity contribution is 7.99. The lowest BCUT2D eigenvalue weighted by molar-refractivity contribution is 0.186. The van der Waals surface area contributed by atoms with E-state index in [1.165, 1.54) is 22.9 Å². The number of pyridine rings is 1. The van der Waals surface area contributed by atoms with E-state index in [1.807, 2.05) is 16.7 Å². The zero-order valence-electron chi connectivity index (χ0n) is 20.9. The van der Waals surface area contributed by atoms with Gasteiger partial charge >= 0.3 is 0 Å². The molecule has 0 bridgehead atoms. The van der Waals surface area contributed by atoms with Gasteiger partial charge in [0, 0.05) is 49.1 Å². The molecule has 1 aliphatic heterocycles. The second-order valence-corrected chi connectivity index (χ2v) is 11.2. The number of fused-ring (bicyclic) bond motifs is 2. The first-order valence-corrected chi connectivity index (χ1v) is 13.6. The van der Waals surface area contributed by atoms with Crippen molar-refractivity contribution in [3.8, 4) is 11.8 Å². The highest BCUT2D eigenvalue weighted by atomic mass is 35.5. The summed E-state index contributed by atoms with van der Waals surface area (Å²) in [5.41, 5.74) is 17.1. The van der Waals surface area contributed by atoms with Crippen LogP contribution in [-0.4, -0.2) is 51.4 Å². The van der Waals surface area contributed by atoms with Crippen LogP contribution in [0.25, 0.3) is 5.65 Å². The predicted molar refractivity (Wildman–Crippen MR) is 148 cm³/mol. The Balaban J connectivity index is 1.20. The molecule has 4 aromatic rings. The number of ether oxygens (including phenoxy) is 1. The molecule has 194 valence electrons. The van der Waals surface area contributed by atoms with Gasteiger partial charge in [-0.25, -0.2) is 14.4 Å². The minimum Gasteiger partial charge on any atom is -0.382 e. The molecule has 1 fully saturated rings. The van der Waals surface area contributed by atoms with Crippen LogP contribution < -0.4 is 16.4 Å². The Kier molecular flexibility index (Phi) is 6.61. The van der Waals surface area contributed by atoms with Crippen molar-refractivity contribution in [3.63, 3.8) is 0 Å². The Labute approximate surface area is 229 Å². The smallest absolute Gasteiger partial charge is 0.212 e.